The zero-order chi connectivity index (χ0) is 14.7. The average Bonchev–Trinajstić information content (AvgIpc) is 3.00. The van der Waals surface area contributed by atoms with Gasteiger partial charge in [0.1, 0.15) is 24.2 Å². The SMILES string of the molecule is Fc1cccc(OCn2cncn2)c1-c1ccccc1Cl. The van der Waals surface area contributed by atoms with E-state index >= 15 is 0 Å². The monoisotopic (exact) mass is 303 g/mol. The Morgan fingerprint density at radius 3 is 2.76 bits per heavy atom. The van der Waals surface area contributed by atoms with E-state index in [9.17, 15) is 4.39 Å². The minimum atomic E-state index is -0.390. The minimum absolute atomic E-state index is 0.140. The van der Waals surface area contributed by atoms with E-state index < -0.39 is 0 Å². The van der Waals surface area contributed by atoms with Gasteiger partial charge in [0.2, 0.25) is 0 Å². The van der Waals surface area contributed by atoms with Gasteiger partial charge >= 0.3 is 0 Å². The normalized spacial score (nSPS) is 10.6. The molecular weight excluding hydrogens is 293 g/mol. The Morgan fingerprint density at radius 2 is 2.00 bits per heavy atom. The Labute approximate surface area is 125 Å². The minimum Gasteiger partial charge on any atom is -0.470 e. The molecule has 1 aromatic heterocycles. The number of halogens is 2. The number of hydrogen-bond donors (Lipinski definition) is 0. The average molecular weight is 304 g/mol. The first-order valence-corrected chi connectivity index (χ1v) is 6.62. The summed E-state index contributed by atoms with van der Waals surface area (Å²) in [6.45, 7) is 0.140. The van der Waals surface area contributed by atoms with E-state index in [-0.39, 0.29) is 12.5 Å². The van der Waals surface area contributed by atoms with E-state index in [1.54, 1.807) is 36.4 Å². The van der Waals surface area contributed by atoms with Gasteiger partial charge in [-0.2, -0.15) is 5.10 Å². The second-order valence-electron chi connectivity index (χ2n) is 4.30. The maximum atomic E-state index is 14.2. The Bertz CT molecular complexity index is 746. The van der Waals surface area contributed by atoms with Crippen LogP contribution in [-0.4, -0.2) is 14.8 Å². The number of aromatic nitrogens is 3. The Hall–Kier alpha value is -2.40. The number of hydrogen-bond acceptors (Lipinski definition) is 3. The second kappa shape index (κ2) is 5.93. The lowest BCUT2D eigenvalue weighted by molar-refractivity contribution is 0.221. The summed E-state index contributed by atoms with van der Waals surface area (Å²) in [4.78, 5) is 3.82. The molecular formula is C15H11ClFN3O. The second-order valence-corrected chi connectivity index (χ2v) is 4.71. The van der Waals surface area contributed by atoms with E-state index in [1.807, 2.05) is 0 Å². The molecule has 3 aromatic rings. The third-order valence-corrected chi connectivity index (χ3v) is 3.27. The van der Waals surface area contributed by atoms with Gasteiger partial charge in [0, 0.05) is 10.6 Å². The fraction of sp³-hybridized carbons (Fsp3) is 0.0667. The molecule has 2 aromatic carbocycles. The summed E-state index contributed by atoms with van der Waals surface area (Å²) in [7, 11) is 0. The molecule has 4 nitrogen and oxygen atoms in total. The Kier molecular flexibility index (Phi) is 3.83. The molecule has 0 bridgehead atoms. The Balaban J connectivity index is 1.98. The van der Waals surface area contributed by atoms with Crippen molar-refractivity contribution in [3.05, 3.63) is 66.0 Å². The van der Waals surface area contributed by atoms with Gasteiger partial charge in [0.15, 0.2) is 6.73 Å². The van der Waals surface area contributed by atoms with Crippen LogP contribution in [0.25, 0.3) is 11.1 Å². The van der Waals surface area contributed by atoms with Crippen molar-refractivity contribution in [2.45, 2.75) is 6.73 Å². The van der Waals surface area contributed by atoms with Crippen molar-refractivity contribution in [3.8, 4) is 16.9 Å². The van der Waals surface area contributed by atoms with Gasteiger partial charge in [-0.3, -0.25) is 0 Å². The maximum Gasteiger partial charge on any atom is 0.182 e. The lowest BCUT2D eigenvalue weighted by Gasteiger charge is -2.13. The molecule has 106 valence electrons. The molecule has 0 fully saturated rings. The predicted octanol–water partition coefficient (Wildman–Crippen LogP) is 3.77. The van der Waals surface area contributed by atoms with Crippen molar-refractivity contribution in [2.75, 3.05) is 0 Å². The lowest BCUT2D eigenvalue weighted by Crippen LogP contribution is -2.06. The van der Waals surface area contributed by atoms with E-state index in [0.29, 0.717) is 21.9 Å². The fourth-order valence-electron chi connectivity index (χ4n) is 1.99. The van der Waals surface area contributed by atoms with Gasteiger partial charge in [0.25, 0.3) is 0 Å². The summed E-state index contributed by atoms with van der Waals surface area (Å²) in [5.41, 5.74) is 0.925. The molecule has 0 saturated carbocycles. The molecule has 0 unspecified atom stereocenters. The molecule has 0 aliphatic rings. The molecule has 0 aliphatic carbocycles. The number of benzene rings is 2. The van der Waals surface area contributed by atoms with E-state index in [0.717, 1.165) is 0 Å². The van der Waals surface area contributed by atoms with E-state index in [2.05, 4.69) is 10.1 Å². The molecule has 6 heteroatoms. The fourth-order valence-corrected chi connectivity index (χ4v) is 2.22. The molecule has 21 heavy (non-hydrogen) atoms. The van der Waals surface area contributed by atoms with Gasteiger partial charge in [-0.1, -0.05) is 35.9 Å². The summed E-state index contributed by atoms with van der Waals surface area (Å²) in [5, 5.41) is 4.40. The van der Waals surface area contributed by atoms with Crippen LogP contribution >= 0.6 is 11.6 Å². The summed E-state index contributed by atoms with van der Waals surface area (Å²) >= 11 is 6.15. The van der Waals surface area contributed by atoms with Gasteiger partial charge < -0.3 is 4.74 Å². The molecule has 0 N–H and O–H groups in total. The van der Waals surface area contributed by atoms with Crippen LogP contribution in [-0.2, 0) is 6.73 Å². The summed E-state index contributed by atoms with van der Waals surface area (Å²) < 4.78 is 21.3. The van der Waals surface area contributed by atoms with Crippen molar-refractivity contribution < 1.29 is 9.13 Å². The zero-order valence-electron chi connectivity index (χ0n) is 10.9. The number of ether oxygens (including phenoxy) is 1. The van der Waals surface area contributed by atoms with Crippen molar-refractivity contribution in [1.29, 1.82) is 0 Å². The van der Waals surface area contributed by atoms with Crippen LogP contribution in [0.2, 0.25) is 5.02 Å². The van der Waals surface area contributed by atoms with Gasteiger partial charge in [-0.25, -0.2) is 14.1 Å². The molecule has 0 radical (unpaired) electrons. The smallest absolute Gasteiger partial charge is 0.182 e. The van der Waals surface area contributed by atoms with Crippen molar-refractivity contribution >= 4 is 11.6 Å². The molecule has 0 saturated heterocycles. The zero-order valence-corrected chi connectivity index (χ0v) is 11.7. The van der Waals surface area contributed by atoms with Crippen LogP contribution in [0.4, 0.5) is 4.39 Å². The van der Waals surface area contributed by atoms with Crippen LogP contribution in [0.5, 0.6) is 5.75 Å². The Morgan fingerprint density at radius 1 is 1.14 bits per heavy atom. The van der Waals surface area contributed by atoms with Gasteiger partial charge in [-0.15, -0.1) is 0 Å². The standard InChI is InChI=1S/C15H11ClFN3O/c16-12-5-2-1-4-11(12)15-13(17)6-3-7-14(15)21-10-20-9-18-8-19-20/h1-9H,10H2. The first kappa shape index (κ1) is 13.6. The summed E-state index contributed by atoms with van der Waals surface area (Å²) in [6, 6.07) is 11.7. The highest BCUT2D eigenvalue weighted by Gasteiger charge is 2.14. The first-order chi connectivity index (χ1) is 10.3. The highest BCUT2D eigenvalue weighted by Crippen LogP contribution is 2.36. The highest BCUT2D eigenvalue weighted by molar-refractivity contribution is 6.33. The molecule has 0 amide bonds. The summed E-state index contributed by atoms with van der Waals surface area (Å²) in [6.07, 6.45) is 2.93. The van der Waals surface area contributed by atoms with Gasteiger partial charge in [0.05, 0.1) is 5.56 Å². The quantitative estimate of drug-likeness (QED) is 0.736. The van der Waals surface area contributed by atoms with Crippen molar-refractivity contribution in [3.63, 3.8) is 0 Å². The van der Waals surface area contributed by atoms with E-state index in [4.69, 9.17) is 16.3 Å². The lowest BCUT2D eigenvalue weighted by atomic mass is 10.0. The molecule has 0 spiro atoms. The largest absolute Gasteiger partial charge is 0.470 e. The topological polar surface area (TPSA) is 39.9 Å². The number of nitrogens with zero attached hydrogens (tertiary/aromatic N) is 3. The molecule has 0 aliphatic heterocycles. The highest BCUT2D eigenvalue weighted by atomic mass is 35.5. The predicted molar refractivity (Wildman–Crippen MR) is 77.5 cm³/mol. The van der Waals surface area contributed by atoms with Gasteiger partial charge in [-0.05, 0) is 18.2 Å². The van der Waals surface area contributed by atoms with Crippen LogP contribution in [0, 0.1) is 5.82 Å². The summed E-state index contributed by atoms with van der Waals surface area (Å²) in [5.74, 6) is 0.0118. The van der Waals surface area contributed by atoms with Crippen molar-refractivity contribution in [1.82, 2.24) is 14.8 Å². The first-order valence-electron chi connectivity index (χ1n) is 6.24. The van der Waals surface area contributed by atoms with Crippen LogP contribution < -0.4 is 4.74 Å². The third-order valence-electron chi connectivity index (χ3n) is 2.94. The van der Waals surface area contributed by atoms with Crippen LogP contribution in [0.15, 0.2) is 55.1 Å². The molecule has 3 rings (SSSR count). The van der Waals surface area contributed by atoms with Crippen molar-refractivity contribution in [2.24, 2.45) is 0 Å². The molecule has 1 heterocycles. The van der Waals surface area contributed by atoms with Crippen LogP contribution in [0.1, 0.15) is 0 Å². The third kappa shape index (κ3) is 2.87. The number of rotatable bonds is 4. The maximum absolute atomic E-state index is 14.2. The van der Waals surface area contributed by atoms with E-state index in [1.165, 1.54) is 23.4 Å². The van der Waals surface area contributed by atoms with Crippen LogP contribution in [0.3, 0.4) is 0 Å². The molecule has 0 atom stereocenters.